The Balaban J connectivity index is 1.01. The Bertz CT molecular complexity index is 3340. The number of fused-ring (bicyclic) bond motifs is 4. The lowest BCUT2D eigenvalue weighted by Crippen LogP contribution is -2.61. The molecular formula is C72H57BN2. The summed E-state index contributed by atoms with van der Waals surface area (Å²) in [6.45, 7) is 7.05. The molecule has 0 spiro atoms. The highest BCUT2D eigenvalue weighted by Crippen LogP contribution is 2.50. The zero-order valence-corrected chi connectivity index (χ0v) is 42.7. The van der Waals surface area contributed by atoms with Gasteiger partial charge in [-0.15, -0.1) is 0 Å². The zero-order valence-electron chi connectivity index (χ0n) is 42.7. The summed E-state index contributed by atoms with van der Waals surface area (Å²) in [6, 6.07) is 108. The van der Waals surface area contributed by atoms with Crippen molar-refractivity contribution in [3.63, 3.8) is 0 Å². The average Bonchev–Trinajstić information content (AvgIpc) is 3.48. The minimum atomic E-state index is -0.554. The van der Waals surface area contributed by atoms with Crippen molar-refractivity contribution in [2.75, 3.05) is 9.80 Å². The van der Waals surface area contributed by atoms with Crippen molar-refractivity contribution < 1.29 is 0 Å². The predicted octanol–water partition coefficient (Wildman–Crippen LogP) is 15.8. The van der Waals surface area contributed by atoms with Gasteiger partial charge in [0.2, 0.25) is 0 Å². The minimum Gasteiger partial charge on any atom is -0.311 e. The van der Waals surface area contributed by atoms with Crippen molar-refractivity contribution in [1.29, 1.82) is 0 Å². The van der Waals surface area contributed by atoms with Crippen molar-refractivity contribution in [2.24, 2.45) is 0 Å². The average molecular weight is 961 g/mol. The number of benzene rings is 11. The second-order valence-electron chi connectivity index (χ2n) is 21.2. The van der Waals surface area contributed by atoms with Crippen molar-refractivity contribution in [3.8, 4) is 0 Å². The molecule has 11 aromatic carbocycles. The molecule has 3 heteroatoms. The molecular weight excluding hydrogens is 904 g/mol. The number of hydrogen-bond donors (Lipinski definition) is 0. The number of nitrogens with zero attached hydrogens (tertiary/aromatic N) is 2. The molecule has 0 bridgehead atoms. The van der Waals surface area contributed by atoms with Gasteiger partial charge < -0.3 is 9.80 Å². The maximum atomic E-state index is 2.54. The highest BCUT2D eigenvalue weighted by molar-refractivity contribution is 7.00. The number of hydrogen-bond acceptors (Lipinski definition) is 2. The van der Waals surface area contributed by atoms with Crippen LogP contribution in [0.3, 0.4) is 0 Å². The predicted molar refractivity (Wildman–Crippen MR) is 316 cm³/mol. The summed E-state index contributed by atoms with van der Waals surface area (Å²) in [5.74, 6) is 0. The Labute approximate surface area is 443 Å². The lowest BCUT2D eigenvalue weighted by atomic mass is 9.33. The SMILES string of the molecule is CC(C)(C)c1cc2c3c(c1)N(c1ccc(C(c4ccccc4)(c4ccccc4)c4ccccc4)cc1)c1ccccc1B3c1ccccc1N2c1ccc(C(c2ccccc2)(c2ccccc2)c2ccccc2)cc1. The molecule has 0 saturated heterocycles. The Kier molecular flexibility index (Phi) is 11.3. The Morgan fingerprint density at radius 1 is 0.253 bits per heavy atom. The van der Waals surface area contributed by atoms with Gasteiger partial charge in [-0.2, -0.15) is 0 Å². The van der Waals surface area contributed by atoms with E-state index in [1.165, 1.54) is 89.2 Å². The summed E-state index contributed by atoms with van der Waals surface area (Å²) < 4.78 is 0. The van der Waals surface area contributed by atoms with Gasteiger partial charge in [0.15, 0.2) is 0 Å². The van der Waals surface area contributed by atoms with Crippen LogP contribution in [0.1, 0.15) is 70.8 Å². The zero-order chi connectivity index (χ0) is 50.6. The van der Waals surface area contributed by atoms with Gasteiger partial charge in [-0.1, -0.05) is 263 Å². The van der Waals surface area contributed by atoms with Crippen LogP contribution in [-0.4, -0.2) is 6.71 Å². The smallest absolute Gasteiger partial charge is 0.252 e. The highest BCUT2D eigenvalue weighted by atomic mass is 15.2. The van der Waals surface area contributed by atoms with E-state index in [0.717, 1.165) is 11.4 Å². The van der Waals surface area contributed by atoms with E-state index in [1.807, 2.05) is 0 Å². The molecule has 0 amide bonds. The largest absolute Gasteiger partial charge is 0.311 e. The van der Waals surface area contributed by atoms with Crippen LogP contribution in [-0.2, 0) is 16.2 Å². The van der Waals surface area contributed by atoms with Gasteiger partial charge in [-0.25, -0.2) is 0 Å². The molecule has 0 radical (unpaired) electrons. The summed E-state index contributed by atoms with van der Waals surface area (Å²) in [6.07, 6.45) is 0. The third-order valence-corrected chi connectivity index (χ3v) is 16.1. The molecule has 75 heavy (non-hydrogen) atoms. The summed E-state index contributed by atoms with van der Waals surface area (Å²) in [5, 5.41) is 0. The summed E-state index contributed by atoms with van der Waals surface area (Å²) in [5.41, 5.74) is 20.8. The monoisotopic (exact) mass is 960 g/mol. The van der Waals surface area contributed by atoms with E-state index in [1.54, 1.807) is 0 Å². The Hall–Kier alpha value is -8.92. The minimum absolute atomic E-state index is 0.0197. The fourth-order valence-electron chi connectivity index (χ4n) is 12.7. The van der Waals surface area contributed by atoms with Gasteiger partial charge in [0.05, 0.1) is 10.8 Å². The van der Waals surface area contributed by atoms with E-state index in [-0.39, 0.29) is 12.1 Å². The standard InChI is InChI=1S/C72H57BN2/c1-70(2,3)60-50-67-69-68(51-60)75(62-48-44-59(45-49-62)72(55-32-16-7-17-33-55,56-34-18-8-19-35-56)57-36-20-9-21-37-57)66-41-25-23-39-64(66)73(69)63-38-22-24-40-65(63)74(67)61-46-42-58(43-47-61)71(52-26-10-4-11-27-52,53-28-12-5-13-29-53)54-30-14-6-15-31-54/h4-51H,1-3H3. The van der Waals surface area contributed by atoms with Crippen LogP contribution in [0.4, 0.5) is 34.1 Å². The molecule has 0 fully saturated rings. The molecule has 2 aliphatic heterocycles. The van der Waals surface area contributed by atoms with Crippen LogP contribution in [0.5, 0.6) is 0 Å². The maximum absolute atomic E-state index is 2.54. The summed E-state index contributed by atoms with van der Waals surface area (Å²) in [7, 11) is 0. The molecule has 0 aliphatic carbocycles. The first-order chi connectivity index (χ1) is 36.9. The van der Waals surface area contributed by atoms with E-state index >= 15 is 0 Å². The van der Waals surface area contributed by atoms with Crippen LogP contribution in [0.2, 0.25) is 0 Å². The molecule has 2 heterocycles. The van der Waals surface area contributed by atoms with Gasteiger partial charge in [-0.05, 0) is 120 Å². The van der Waals surface area contributed by atoms with Gasteiger partial charge >= 0.3 is 0 Å². The molecule has 2 nitrogen and oxygen atoms in total. The van der Waals surface area contributed by atoms with Gasteiger partial charge in [-0.3, -0.25) is 0 Å². The van der Waals surface area contributed by atoms with E-state index in [9.17, 15) is 0 Å². The van der Waals surface area contributed by atoms with Gasteiger partial charge in [0, 0.05) is 34.1 Å². The van der Waals surface area contributed by atoms with Crippen LogP contribution < -0.4 is 26.2 Å². The molecule has 0 aromatic heterocycles. The first kappa shape index (κ1) is 45.9. The van der Waals surface area contributed by atoms with Crippen molar-refractivity contribution in [1.82, 2.24) is 0 Å². The molecule has 358 valence electrons. The second-order valence-corrected chi connectivity index (χ2v) is 21.2. The van der Waals surface area contributed by atoms with E-state index in [0.29, 0.717) is 0 Å². The number of rotatable bonds is 10. The first-order valence-electron chi connectivity index (χ1n) is 26.4. The fraction of sp³-hybridized carbons (Fsp3) is 0.0833. The normalized spacial score (nSPS) is 12.9. The van der Waals surface area contributed by atoms with E-state index in [4.69, 9.17) is 0 Å². The molecule has 11 aromatic rings. The first-order valence-corrected chi connectivity index (χ1v) is 26.4. The van der Waals surface area contributed by atoms with Crippen molar-refractivity contribution in [3.05, 3.63) is 341 Å². The third-order valence-electron chi connectivity index (χ3n) is 16.1. The van der Waals surface area contributed by atoms with Crippen LogP contribution in [0, 0.1) is 0 Å². The van der Waals surface area contributed by atoms with E-state index < -0.39 is 10.8 Å². The molecule has 0 saturated carbocycles. The summed E-state index contributed by atoms with van der Waals surface area (Å²) >= 11 is 0. The van der Waals surface area contributed by atoms with Crippen molar-refractivity contribution in [2.45, 2.75) is 37.0 Å². The quantitative estimate of drug-likeness (QED) is 0.0995. The van der Waals surface area contributed by atoms with Crippen LogP contribution in [0.25, 0.3) is 0 Å². The maximum Gasteiger partial charge on any atom is 0.252 e. The van der Waals surface area contributed by atoms with Gasteiger partial charge in [0.25, 0.3) is 6.71 Å². The molecule has 0 N–H and O–H groups in total. The highest BCUT2D eigenvalue weighted by Gasteiger charge is 2.45. The van der Waals surface area contributed by atoms with Crippen molar-refractivity contribution >= 4 is 57.2 Å². The Morgan fingerprint density at radius 3 is 0.787 bits per heavy atom. The van der Waals surface area contributed by atoms with Crippen LogP contribution in [0.15, 0.2) is 291 Å². The molecule has 13 rings (SSSR count). The lowest BCUT2D eigenvalue weighted by molar-refractivity contribution is 0.590. The van der Waals surface area contributed by atoms with Gasteiger partial charge in [0.1, 0.15) is 0 Å². The third kappa shape index (κ3) is 7.40. The number of anilines is 6. The molecule has 0 atom stereocenters. The second kappa shape index (κ2) is 18.5. The lowest BCUT2D eigenvalue weighted by Gasteiger charge is -2.45. The summed E-state index contributed by atoms with van der Waals surface area (Å²) in [4.78, 5) is 5.09. The fourth-order valence-corrected chi connectivity index (χ4v) is 12.7. The topological polar surface area (TPSA) is 6.48 Å². The number of para-hydroxylation sites is 2. The molecule has 0 unspecified atom stereocenters. The Morgan fingerprint density at radius 2 is 0.507 bits per heavy atom. The molecule has 2 aliphatic rings. The van der Waals surface area contributed by atoms with E-state index in [2.05, 4.69) is 322 Å². The van der Waals surface area contributed by atoms with Crippen LogP contribution >= 0.6 is 0 Å².